The first-order valence-corrected chi connectivity index (χ1v) is 6.42. The minimum absolute atomic E-state index is 0.270. The molecule has 0 aliphatic heterocycles. The molecule has 1 aromatic carbocycles. The number of benzene rings is 1. The number of aromatic nitrogens is 2. The first-order chi connectivity index (χ1) is 8.06. The molecule has 0 aliphatic rings. The Morgan fingerprint density at radius 2 is 2.24 bits per heavy atom. The molecule has 0 spiro atoms. The summed E-state index contributed by atoms with van der Waals surface area (Å²) in [6.45, 7) is 5.07. The molecule has 5 heteroatoms. The SMILES string of the molecule is CC(C)NCCc1nc2cc(Br)c(F)cc2[nH]1. The molecule has 0 amide bonds. The summed E-state index contributed by atoms with van der Waals surface area (Å²) in [6, 6.07) is 3.62. The van der Waals surface area contributed by atoms with Gasteiger partial charge in [-0.15, -0.1) is 0 Å². The molecular formula is C12H15BrFN3. The molecule has 3 nitrogen and oxygen atoms in total. The van der Waals surface area contributed by atoms with Gasteiger partial charge in [-0.3, -0.25) is 0 Å². The van der Waals surface area contributed by atoms with Crippen LogP contribution < -0.4 is 5.32 Å². The number of aromatic amines is 1. The predicted molar refractivity (Wildman–Crippen MR) is 70.6 cm³/mol. The summed E-state index contributed by atoms with van der Waals surface area (Å²) in [7, 11) is 0. The molecule has 92 valence electrons. The number of imidazole rings is 1. The molecule has 17 heavy (non-hydrogen) atoms. The van der Waals surface area contributed by atoms with Crippen LogP contribution in [0.1, 0.15) is 19.7 Å². The van der Waals surface area contributed by atoms with E-state index in [9.17, 15) is 4.39 Å². The number of fused-ring (bicyclic) bond motifs is 1. The molecule has 1 aromatic heterocycles. The van der Waals surface area contributed by atoms with E-state index in [4.69, 9.17) is 0 Å². The highest BCUT2D eigenvalue weighted by Crippen LogP contribution is 2.21. The zero-order valence-electron chi connectivity index (χ0n) is 9.85. The second-order valence-corrected chi connectivity index (χ2v) is 5.18. The fourth-order valence-corrected chi connectivity index (χ4v) is 1.99. The van der Waals surface area contributed by atoms with E-state index in [0.717, 1.165) is 29.8 Å². The van der Waals surface area contributed by atoms with E-state index in [1.165, 1.54) is 6.07 Å². The first-order valence-electron chi connectivity index (χ1n) is 5.63. The van der Waals surface area contributed by atoms with Crippen LogP contribution in [0.2, 0.25) is 0 Å². The van der Waals surface area contributed by atoms with Crippen LogP contribution in [0.25, 0.3) is 11.0 Å². The van der Waals surface area contributed by atoms with Crippen molar-refractivity contribution in [2.75, 3.05) is 6.54 Å². The topological polar surface area (TPSA) is 40.7 Å². The largest absolute Gasteiger partial charge is 0.342 e. The molecule has 0 unspecified atom stereocenters. The minimum atomic E-state index is -0.270. The average molecular weight is 300 g/mol. The van der Waals surface area contributed by atoms with E-state index in [2.05, 4.69) is 45.1 Å². The van der Waals surface area contributed by atoms with Gasteiger partial charge in [0.25, 0.3) is 0 Å². The van der Waals surface area contributed by atoms with Crippen molar-refractivity contribution < 1.29 is 4.39 Å². The van der Waals surface area contributed by atoms with Crippen LogP contribution in [-0.4, -0.2) is 22.6 Å². The highest BCUT2D eigenvalue weighted by molar-refractivity contribution is 9.10. The van der Waals surface area contributed by atoms with Crippen LogP contribution in [0.3, 0.4) is 0 Å². The van der Waals surface area contributed by atoms with E-state index in [1.54, 1.807) is 6.07 Å². The van der Waals surface area contributed by atoms with Gasteiger partial charge in [0.1, 0.15) is 11.6 Å². The van der Waals surface area contributed by atoms with Crippen molar-refractivity contribution >= 4 is 27.0 Å². The molecular weight excluding hydrogens is 285 g/mol. The monoisotopic (exact) mass is 299 g/mol. The Balaban J connectivity index is 2.14. The molecule has 2 rings (SSSR count). The Morgan fingerprint density at radius 1 is 1.47 bits per heavy atom. The van der Waals surface area contributed by atoms with Crippen LogP contribution in [0.5, 0.6) is 0 Å². The molecule has 0 atom stereocenters. The smallest absolute Gasteiger partial charge is 0.139 e. The summed E-state index contributed by atoms with van der Waals surface area (Å²) in [5, 5.41) is 3.32. The van der Waals surface area contributed by atoms with Crippen molar-refractivity contribution in [3.63, 3.8) is 0 Å². The highest BCUT2D eigenvalue weighted by Gasteiger charge is 2.07. The summed E-state index contributed by atoms with van der Waals surface area (Å²) in [4.78, 5) is 7.54. The summed E-state index contributed by atoms with van der Waals surface area (Å²) in [5.74, 6) is 0.610. The zero-order valence-corrected chi connectivity index (χ0v) is 11.4. The maximum absolute atomic E-state index is 13.3. The number of hydrogen-bond donors (Lipinski definition) is 2. The molecule has 2 aromatic rings. The van der Waals surface area contributed by atoms with Gasteiger partial charge >= 0.3 is 0 Å². The Hall–Kier alpha value is -0.940. The highest BCUT2D eigenvalue weighted by atomic mass is 79.9. The Kier molecular flexibility index (Phi) is 3.79. The lowest BCUT2D eigenvalue weighted by atomic mass is 10.3. The summed E-state index contributed by atoms with van der Waals surface area (Å²) < 4.78 is 13.8. The molecule has 0 radical (unpaired) electrons. The second-order valence-electron chi connectivity index (χ2n) is 4.33. The average Bonchev–Trinajstić information content (AvgIpc) is 2.60. The fraction of sp³-hybridized carbons (Fsp3) is 0.417. The van der Waals surface area contributed by atoms with Crippen LogP contribution >= 0.6 is 15.9 Å². The second kappa shape index (κ2) is 5.14. The third-order valence-corrected chi connectivity index (χ3v) is 3.10. The number of nitrogens with one attached hydrogen (secondary N) is 2. The van der Waals surface area contributed by atoms with Crippen molar-refractivity contribution in [2.45, 2.75) is 26.3 Å². The minimum Gasteiger partial charge on any atom is -0.342 e. The number of H-pyrrole nitrogens is 1. The van der Waals surface area contributed by atoms with Gasteiger partial charge in [-0.05, 0) is 22.0 Å². The van der Waals surface area contributed by atoms with Crippen molar-refractivity contribution in [3.8, 4) is 0 Å². The van der Waals surface area contributed by atoms with Gasteiger partial charge in [0, 0.05) is 25.1 Å². The van der Waals surface area contributed by atoms with Gasteiger partial charge < -0.3 is 10.3 Å². The summed E-state index contributed by atoms with van der Waals surface area (Å²) in [6.07, 6.45) is 0.812. The van der Waals surface area contributed by atoms with Gasteiger partial charge in [0.15, 0.2) is 0 Å². The molecule has 2 N–H and O–H groups in total. The Labute approximate surface area is 108 Å². The molecule has 0 saturated heterocycles. The standard InChI is InChI=1S/C12H15BrFN3/c1-7(2)15-4-3-12-16-10-5-8(13)9(14)6-11(10)17-12/h5-7,15H,3-4H2,1-2H3,(H,16,17). The van der Waals surface area contributed by atoms with Gasteiger partial charge in [-0.1, -0.05) is 13.8 Å². The number of nitrogens with zero attached hydrogens (tertiary/aromatic N) is 1. The van der Waals surface area contributed by atoms with Gasteiger partial charge in [-0.2, -0.15) is 0 Å². The number of hydrogen-bond acceptors (Lipinski definition) is 2. The van der Waals surface area contributed by atoms with E-state index in [1.807, 2.05) is 0 Å². The summed E-state index contributed by atoms with van der Waals surface area (Å²) in [5.41, 5.74) is 1.53. The lowest BCUT2D eigenvalue weighted by molar-refractivity contribution is 0.585. The van der Waals surface area contributed by atoms with Crippen molar-refractivity contribution in [1.82, 2.24) is 15.3 Å². The maximum Gasteiger partial charge on any atom is 0.139 e. The molecule has 0 aliphatic carbocycles. The van der Waals surface area contributed by atoms with E-state index in [0.29, 0.717) is 10.5 Å². The summed E-state index contributed by atoms with van der Waals surface area (Å²) >= 11 is 3.16. The van der Waals surface area contributed by atoms with Crippen molar-refractivity contribution in [2.24, 2.45) is 0 Å². The van der Waals surface area contributed by atoms with E-state index in [-0.39, 0.29) is 5.82 Å². The van der Waals surface area contributed by atoms with Crippen molar-refractivity contribution in [3.05, 3.63) is 28.2 Å². The maximum atomic E-state index is 13.3. The molecule has 0 saturated carbocycles. The predicted octanol–water partition coefficient (Wildman–Crippen LogP) is 3.01. The van der Waals surface area contributed by atoms with Crippen LogP contribution in [0, 0.1) is 5.82 Å². The molecule has 0 fully saturated rings. The van der Waals surface area contributed by atoms with Gasteiger partial charge in [0.2, 0.25) is 0 Å². The van der Waals surface area contributed by atoms with Crippen LogP contribution in [0.4, 0.5) is 4.39 Å². The van der Waals surface area contributed by atoms with Gasteiger partial charge in [0.05, 0.1) is 15.5 Å². The molecule has 0 bridgehead atoms. The Morgan fingerprint density at radius 3 is 2.94 bits per heavy atom. The number of halogens is 2. The third-order valence-electron chi connectivity index (χ3n) is 2.49. The number of rotatable bonds is 4. The van der Waals surface area contributed by atoms with E-state index >= 15 is 0 Å². The third kappa shape index (κ3) is 3.04. The van der Waals surface area contributed by atoms with Gasteiger partial charge in [-0.25, -0.2) is 9.37 Å². The lowest BCUT2D eigenvalue weighted by Gasteiger charge is -2.05. The fourth-order valence-electron chi connectivity index (χ4n) is 1.66. The first kappa shape index (κ1) is 12.5. The van der Waals surface area contributed by atoms with Crippen LogP contribution in [0.15, 0.2) is 16.6 Å². The molecule has 1 heterocycles. The normalized spacial score (nSPS) is 11.6. The van der Waals surface area contributed by atoms with Crippen molar-refractivity contribution in [1.29, 1.82) is 0 Å². The zero-order chi connectivity index (χ0) is 12.4. The van der Waals surface area contributed by atoms with Crippen LogP contribution in [-0.2, 0) is 6.42 Å². The van der Waals surface area contributed by atoms with E-state index < -0.39 is 0 Å². The Bertz CT molecular complexity index is 483. The quantitative estimate of drug-likeness (QED) is 0.911. The lowest BCUT2D eigenvalue weighted by Crippen LogP contribution is -2.25.